The summed E-state index contributed by atoms with van der Waals surface area (Å²) in [5.41, 5.74) is 2.09. The molecule has 7 heteroatoms. The molecule has 7 nitrogen and oxygen atoms in total. The largest absolute Gasteiger partial charge is 0.491 e. The summed E-state index contributed by atoms with van der Waals surface area (Å²) in [5, 5.41) is 19.8. The van der Waals surface area contributed by atoms with Crippen LogP contribution in [0.1, 0.15) is 50.5 Å². The number of urea groups is 1. The Hall–Kier alpha value is -2.61. The number of ether oxygens (including phenoxy) is 1. The molecule has 4 rings (SSSR count). The van der Waals surface area contributed by atoms with Gasteiger partial charge in [0.1, 0.15) is 18.5 Å². The van der Waals surface area contributed by atoms with Crippen LogP contribution in [-0.2, 0) is 6.54 Å². The molecule has 1 heterocycles. The number of likely N-dealkylation sites (tertiary alicyclic amines) is 1. The number of piperidine rings is 1. The van der Waals surface area contributed by atoms with Crippen molar-refractivity contribution in [2.45, 2.75) is 69.7 Å². The van der Waals surface area contributed by atoms with Gasteiger partial charge >= 0.3 is 6.03 Å². The topological polar surface area (TPSA) is 85.9 Å². The van der Waals surface area contributed by atoms with Gasteiger partial charge in [0.2, 0.25) is 0 Å². The molecule has 0 bridgehead atoms. The number of benzene rings is 2. The summed E-state index contributed by atoms with van der Waals surface area (Å²) < 4.78 is 5.75. The highest BCUT2D eigenvalue weighted by molar-refractivity contribution is 5.89. The summed E-state index contributed by atoms with van der Waals surface area (Å²) >= 11 is 0. The van der Waals surface area contributed by atoms with Crippen LogP contribution < -0.4 is 20.7 Å². The average molecular weight is 481 g/mol. The first-order valence-corrected chi connectivity index (χ1v) is 13.1. The number of anilines is 1. The monoisotopic (exact) mass is 480 g/mol. The molecule has 1 saturated heterocycles. The molecule has 1 unspecified atom stereocenters. The van der Waals surface area contributed by atoms with Gasteiger partial charge in [0.15, 0.2) is 0 Å². The number of carbonyl (C=O) groups is 1. The van der Waals surface area contributed by atoms with Crippen LogP contribution in [-0.4, -0.2) is 60.5 Å². The Morgan fingerprint density at radius 2 is 1.66 bits per heavy atom. The fourth-order valence-corrected chi connectivity index (χ4v) is 4.92. The third kappa shape index (κ3) is 8.84. The molecule has 2 aromatic carbocycles. The van der Waals surface area contributed by atoms with E-state index in [0.717, 1.165) is 51.0 Å². The standard InChI is InChI=1S/C28H40N4O3/c33-26(19-29-23-15-17-32(18-16-23)20-22-7-3-1-4-8-22)21-35-27-13-11-25(12-14-27)31-28(34)30-24-9-5-2-6-10-24/h1,3-4,7-8,11-14,23-24,26,29,33H,2,5-6,9-10,15-21H2,(H2,30,31,34). The molecular formula is C28H40N4O3. The molecule has 1 aliphatic heterocycles. The number of aliphatic hydroxyl groups excluding tert-OH is 1. The Labute approximate surface area is 209 Å². The van der Waals surface area contributed by atoms with Gasteiger partial charge in [-0.05, 0) is 68.6 Å². The van der Waals surface area contributed by atoms with E-state index in [0.29, 0.717) is 18.3 Å². The highest BCUT2D eigenvalue weighted by atomic mass is 16.5. The number of nitrogens with zero attached hydrogens (tertiary/aromatic N) is 1. The minimum absolute atomic E-state index is 0.155. The molecule has 2 aromatic rings. The zero-order valence-electron chi connectivity index (χ0n) is 20.6. The Kier molecular flexibility index (Phi) is 9.81. The van der Waals surface area contributed by atoms with Crippen molar-refractivity contribution < 1.29 is 14.6 Å². The predicted octanol–water partition coefficient (Wildman–Crippen LogP) is 4.13. The van der Waals surface area contributed by atoms with Gasteiger partial charge in [-0.2, -0.15) is 0 Å². The number of nitrogens with one attached hydrogen (secondary N) is 3. The molecule has 1 atom stereocenters. The number of hydrogen-bond acceptors (Lipinski definition) is 5. The Morgan fingerprint density at radius 1 is 0.943 bits per heavy atom. The van der Waals surface area contributed by atoms with Crippen molar-refractivity contribution in [2.75, 3.05) is 31.6 Å². The van der Waals surface area contributed by atoms with E-state index in [-0.39, 0.29) is 18.7 Å². The fourth-order valence-electron chi connectivity index (χ4n) is 4.92. The normalized spacial score (nSPS) is 18.7. The quantitative estimate of drug-likeness (QED) is 0.411. The first-order chi connectivity index (χ1) is 17.1. The highest BCUT2D eigenvalue weighted by Crippen LogP contribution is 2.19. The van der Waals surface area contributed by atoms with Crippen LogP contribution in [0.3, 0.4) is 0 Å². The third-order valence-electron chi connectivity index (χ3n) is 6.97. The van der Waals surface area contributed by atoms with Gasteiger partial charge in [0, 0.05) is 30.9 Å². The van der Waals surface area contributed by atoms with Gasteiger partial charge in [-0.25, -0.2) is 4.79 Å². The summed E-state index contributed by atoms with van der Waals surface area (Å²) in [6.07, 6.45) is 7.36. The predicted molar refractivity (Wildman–Crippen MR) is 140 cm³/mol. The Morgan fingerprint density at radius 3 is 2.37 bits per heavy atom. The van der Waals surface area contributed by atoms with Gasteiger partial charge < -0.3 is 25.8 Å². The maximum absolute atomic E-state index is 12.2. The zero-order chi connectivity index (χ0) is 24.3. The lowest BCUT2D eigenvalue weighted by atomic mass is 9.96. The molecule has 2 fully saturated rings. The van der Waals surface area contributed by atoms with E-state index in [1.54, 1.807) is 0 Å². The number of rotatable bonds is 10. The van der Waals surface area contributed by atoms with E-state index in [1.165, 1.54) is 24.8 Å². The van der Waals surface area contributed by atoms with Gasteiger partial charge in [0.25, 0.3) is 0 Å². The maximum Gasteiger partial charge on any atom is 0.319 e. The number of carbonyl (C=O) groups excluding carboxylic acids is 1. The summed E-state index contributed by atoms with van der Waals surface area (Å²) in [7, 11) is 0. The number of amides is 2. The van der Waals surface area contributed by atoms with Crippen molar-refractivity contribution in [2.24, 2.45) is 0 Å². The summed E-state index contributed by atoms with van der Waals surface area (Å²) in [5.74, 6) is 0.677. The van der Waals surface area contributed by atoms with Crippen LogP contribution in [0.2, 0.25) is 0 Å². The molecule has 2 amide bonds. The van der Waals surface area contributed by atoms with E-state index in [2.05, 4.69) is 51.2 Å². The fraction of sp³-hybridized carbons (Fsp3) is 0.536. The molecule has 4 N–H and O–H groups in total. The molecule has 0 aromatic heterocycles. The second-order valence-electron chi connectivity index (χ2n) is 9.87. The minimum Gasteiger partial charge on any atom is -0.491 e. The van der Waals surface area contributed by atoms with Crippen molar-refractivity contribution >= 4 is 11.7 Å². The van der Waals surface area contributed by atoms with Gasteiger partial charge in [-0.15, -0.1) is 0 Å². The lowest BCUT2D eigenvalue weighted by Crippen LogP contribution is -2.45. The SMILES string of the molecule is O=C(Nc1ccc(OCC(O)CNC2CCN(Cc3ccccc3)CC2)cc1)NC1CCCCC1. The van der Waals surface area contributed by atoms with Crippen LogP contribution in [0.4, 0.5) is 10.5 Å². The summed E-state index contributed by atoms with van der Waals surface area (Å²) in [6.45, 7) is 3.89. The van der Waals surface area contributed by atoms with Crippen molar-refractivity contribution in [3.63, 3.8) is 0 Å². The smallest absolute Gasteiger partial charge is 0.319 e. The van der Waals surface area contributed by atoms with E-state index in [9.17, 15) is 9.90 Å². The van der Waals surface area contributed by atoms with Crippen molar-refractivity contribution in [3.8, 4) is 5.75 Å². The lowest BCUT2D eigenvalue weighted by molar-refractivity contribution is 0.0979. The van der Waals surface area contributed by atoms with Gasteiger partial charge in [-0.3, -0.25) is 4.90 Å². The summed E-state index contributed by atoms with van der Waals surface area (Å²) in [6, 6.07) is 18.4. The molecule has 0 radical (unpaired) electrons. The van der Waals surface area contributed by atoms with Crippen LogP contribution >= 0.6 is 0 Å². The van der Waals surface area contributed by atoms with E-state index < -0.39 is 6.10 Å². The molecular weight excluding hydrogens is 440 g/mol. The Balaban J connectivity index is 1.09. The van der Waals surface area contributed by atoms with E-state index >= 15 is 0 Å². The first-order valence-electron chi connectivity index (χ1n) is 13.1. The highest BCUT2D eigenvalue weighted by Gasteiger charge is 2.20. The van der Waals surface area contributed by atoms with Crippen LogP contribution in [0.25, 0.3) is 0 Å². The van der Waals surface area contributed by atoms with Crippen LogP contribution in [0.15, 0.2) is 54.6 Å². The second-order valence-corrected chi connectivity index (χ2v) is 9.87. The first kappa shape index (κ1) is 25.5. The molecule has 190 valence electrons. The molecule has 1 saturated carbocycles. The van der Waals surface area contributed by atoms with Crippen molar-refractivity contribution in [1.29, 1.82) is 0 Å². The lowest BCUT2D eigenvalue weighted by Gasteiger charge is -2.33. The summed E-state index contributed by atoms with van der Waals surface area (Å²) in [4.78, 5) is 14.7. The van der Waals surface area contributed by atoms with Gasteiger partial charge in [-0.1, -0.05) is 49.6 Å². The van der Waals surface area contributed by atoms with Gasteiger partial charge in [0.05, 0.1) is 0 Å². The minimum atomic E-state index is -0.573. The van der Waals surface area contributed by atoms with Crippen molar-refractivity contribution in [1.82, 2.24) is 15.5 Å². The second kappa shape index (κ2) is 13.5. The van der Waals surface area contributed by atoms with E-state index in [4.69, 9.17) is 4.74 Å². The van der Waals surface area contributed by atoms with E-state index in [1.807, 2.05) is 24.3 Å². The number of aliphatic hydroxyl groups is 1. The van der Waals surface area contributed by atoms with Crippen LogP contribution in [0, 0.1) is 0 Å². The maximum atomic E-state index is 12.2. The Bertz CT molecular complexity index is 879. The average Bonchev–Trinajstić information content (AvgIpc) is 2.89. The zero-order valence-corrected chi connectivity index (χ0v) is 20.6. The van der Waals surface area contributed by atoms with Crippen molar-refractivity contribution in [3.05, 3.63) is 60.2 Å². The molecule has 2 aliphatic rings. The third-order valence-corrected chi connectivity index (χ3v) is 6.97. The molecule has 1 aliphatic carbocycles. The number of hydrogen-bond donors (Lipinski definition) is 4. The van der Waals surface area contributed by atoms with Crippen LogP contribution in [0.5, 0.6) is 5.75 Å². The molecule has 0 spiro atoms. The molecule has 35 heavy (non-hydrogen) atoms.